The van der Waals surface area contributed by atoms with Gasteiger partial charge in [-0.2, -0.15) is 0 Å². The maximum atomic E-state index is 11.5. The summed E-state index contributed by atoms with van der Waals surface area (Å²) in [6.07, 6.45) is 4.64. The van der Waals surface area contributed by atoms with Crippen LogP contribution in [0.25, 0.3) is 0 Å². The van der Waals surface area contributed by atoms with Gasteiger partial charge in [-0.15, -0.1) is 6.42 Å². The molecule has 0 aliphatic carbocycles. The molecule has 10 nitrogen and oxygen atoms in total. The molecule has 10 heteroatoms. The molecule has 0 unspecified atom stereocenters. The Hall–Kier alpha value is -3.16. The van der Waals surface area contributed by atoms with E-state index in [4.69, 9.17) is 34.8 Å². The molecular formula is C26H40N2O8. The maximum Gasteiger partial charge on any atom is 0.407 e. The van der Waals surface area contributed by atoms with Crippen LogP contribution in [0.2, 0.25) is 0 Å². The molecule has 36 heavy (non-hydrogen) atoms. The van der Waals surface area contributed by atoms with Crippen LogP contribution in [0.3, 0.4) is 0 Å². The van der Waals surface area contributed by atoms with Crippen LogP contribution < -0.4 is 20.1 Å². The van der Waals surface area contributed by atoms with E-state index in [9.17, 15) is 9.59 Å². The van der Waals surface area contributed by atoms with Crippen molar-refractivity contribution in [2.45, 2.75) is 52.7 Å². The molecular weight excluding hydrogens is 468 g/mol. The lowest BCUT2D eigenvalue weighted by Gasteiger charge is -2.19. The molecule has 2 N–H and O–H groups in total. The van der Waals surface area contributed by atoms with Crippen LogP contribution in [0.1, 0.15) is 47.1 Å². The predicted octanol–water partition coefficient (Wildman–Crippen LogP) is 3.51. The van der Waals surface area contributed by atoms with E-state index in [-0.39, 0.29) is 0 Å². The fourth-order valence-corrected chi connectivity index (χ4v) is 2.55. The Kier molecular flexibility index (Phi) is 13.5. The number of amides is 2. The number of hydrogen-bond acceptors (Lipinski definition) is 8. The van der Waals surface area contributed by atoms with Crippen molar-refractivity contribution in [3.63, 3.8) is 0 Å². The van der Waals surface area contributed by atoms with E-state index in [1.807, 2.05) is 0 Å². The van der Waals surface area contributed by atoms with Gasteiger partial charge in [0.15, 0.2) is 0 Å². The number of terminal acetylenes is 1. The van der Waals surface area contributed by atoms with Crippen LogP contribution in [0, 0.1) is 12.3 Å². The summed E-state index contributed by atoms with van der Waals surface area (Å²) in [4.78, 5) is 23.1. The van der Waals surface area contributed by atoms with Crippen molar-refractivity contribution in [2.75, 3.05) is 52.7 Å². The second-order valence-electron chi connectivity index (χ2n) is 9.58. The minimum absolute atomic E-state index is 0.298. The Bertz CT molecular complexity index is 853. The van der Waals surface area contributed by atoms with Gasteiger partial charge in [0.05, 0.1) is 32.0 Å². The van der Waals surface area contributed by atoms with Crippen molar-refractivity contribution >= 4 is 12.2 Å². The number of nitrogens with one attached hydrogen (secondary N) is 2. The Morgan fingerprint density at radius 3 is 1.75 bits per heavy atom. The summed E-state index contributed by atoms with van der Waals surface area (Å²) < 4.78 is 32.5. The molecule has 0 heterocycles. The highest BCUT2D eigenvalue weighted by atomic mass is 16.6. The summed E-state index contributed by atoms with van der Waals surface area (Å²) in [6.45, 7) is 13.4. The van der Waals surface area contributed by atoms with Crippen LogP contribution in [-0.4, -0.2) is 76.1 Å². The van der Waals surface area contributed by atoms with E-state index in [2.05, 4.69) is 16.6 Å². The first-order valence-corrected chi connectivity index (χ1v) is 11.8. The third kappa shape index (κ3) is 15.7. The molecule has 1 aromatic rings. The molecule has 0 aliphatic rings. The van der Waals surface area contributed by atoms with Gasteiger partial charge >= 0.3 is 12.2 Å². The van der Waals surface area contributed by atoms with Crippen LogP contribution in [-0.2, 0) is 18.9 Å². The molecule has 0 aromatic heterocycles. The Balaban J connectivity index is 2.20. The quantitative estimate of drug-likeness (QED) is 0.290. The molecule has 0 saturated carbocycles. The van der Waals surface area contributed by atoms with E-state index < -0.39 is 23.4 Å². The van der Waals surface area contributed by atoms with Gasteiger partial charge < -0.3 is 39.1 Å². The lowest BCUT2D eigenvalue weighted by atomic mass is 10.2. The normalized spacial score (nSPS) is 11.2. The Morgan fingerprint density at radius 1 is 0.778 bits per heavy atom. The molecule has 0 radical (unpaired) electrons. The summed E-state index contributed by atoms with van der Waals surface area (Å²) >= 11 is 0. The van der Waals surface area contributed by atoms with Crippen LogP contribution in [0.5, 0.6) is 11.5 Å². The van der Waals surface area contributed by atoms with Gasteiger partial charge in [-0.3, -0.25) is 0 Å². The zero-order chi connectivity index (χ0) is 27.0. The lowest BCUT2D eigenvalue weighted by molar-refractivity contribution is 0.0478. The largest absolute Gasteiger partial charge is 0.491 e. The standard InChI is InChI=1S/C26H40N2O8/c1-8-20-19-21(33-17-15-31-13-11-27-23(29)35-25(2,3)4)9-10-22(20)34-18-16-32-14-12-28-24(30)36-26(5,6)7/h1,9-10,19H,11-18H2,2-7H3,(H,27,29)(H,28,30). The summed E-state index contributed by atoms with van der Waals surface area (Å²) in [5.74, 6) is 3.72. The number of rotatable bonds is 14. The molecule has 1 rings (SSSR count). The SMILES string of the molecule is C#Cc1cc(OCCOCCNC(=O)OC(C)(C)C)ccc1OCCOCCNC(=O)OC(C)(C)C. The van der Waals surface area contributed by atoms with Crippen molar-refractivity contribution in [2.24, 2.45) is 0 Å². The molecule has 0 saturated heterocycles. The highest BCUT2D eigenvalue weighted by Gasteiger charge is 2.16. The summed E-state index contributed by atoms with van der Waals surface area (Å²) in [5, 5.41) is 5.23. The lowest BCUT2D eigenvalue weighted by Crippen LogP contribution is -2.34. The van der Waals surface area contributed by atoms with E-state index >= 15 is 0 Å². The third-order valence-electron chi connectivity index (χ3n) is 3.92. The van der Waals surface area contributed by atoms with Crippen molar-refractivity contribution in [3.8, 4) is 23.8 Å². The number of benzene rings is 1. The van der Waals surface area contributed by atoms with Crippen molar-refractivity contribution in [1.29, 1.82) is 0 Å². The fourth-order valence-electron chi connectivity index (χ4n) is 2.55. The predicted molar refractivity (Wildman–Crippen MR) is 135 cm³/mol. The van der Waals surface area contributed by atoms with Crippen LogP contribution in [0.4, 0.5) is 9.59 Å². The summed E-state index contributed by atoms with van der Waals surface area (Å²) in [5.41, 5.74) is -0.516. The average Bonchev–Trinajstić information content (AvgIpc) is 2.75. The first-order chi connectivity index (χ1) is 16.9. The summed E-state index contributed by atoms with van der Waals surface area (Å²) in [6, 6.07) is 5.21. The Morgan fingerprint density at radius 2 is 1.28 bits per heavy atom. The van der Waals surface area contributed by atoms with Crippen molar-refractivity contribution in [3.05, 3.63) is 23.8 Å². The van der Waals surface area contributed by atoms with Gasteiger partial charge in [0.25, 0.3) is 0 Å². The molecule has 2 amide bonds. The van der Waals surface area contributed by atoms with Gasteiger partial charge in [-0.1, -0.05) is 5.92 Å². The second kappa shape index (κ2) is 15.8. The number of carbonyl (C=O) groups is 2. The van der Waals surface area contributed by atoms with E-state index in [1.165, 1.54) is 0 Å². The van der Waals surface area contributed by atoms with Gasteiger partial charge in [0.1, 0.15) is 35.9 Å². The highest BCUT2D eigenvalue weighted by Crippen LogP contribution is 2.23. The maximum absolute atomic E-state index is 11.5. The van der Waals surface area contributed by atoms with E-state index in [1.54, 1.807) is 59.7 Å². The number of carbonyl (C=O) groups excluding carboxylic acids is 2. The zero-order valence-corrected chi connectivity index (χ0v) is 22.2. The first kappa shape index (κ1) is 30.9. The van der Waals surface area contributed by atoms with Gasteiger partial charge in [-0.25, -0.2) is 9.59 Å². The van der Waals surface area contributed by atoms with Crippen LogP contribution in [0.15, 0.2) is 18.2 Å². The molecule has 1 aromatic carbocycles. The minimum Gasteiger partial charge on any atom is -0.491 e. The van der Waals surface area contributed by atoms with Crippen molar-refractivity contribution in [1.82, 2.24) is 10.6 Å². The molecule has 0 bridgehead atoms. The number of hydrogen-bond donors (Lipinski definition) is 2. The second-order valence-corrected chi connectivity index (χ2v) is 9.58. The van der Waals surface area contributed by atoms with Crippen LogP contribution >= 0.6 is 0 Å². The van der Waals surface area contributed by atoms with Gasteiger partial charge in [0, 0.05) is 13.1 Å². The van der Waals surface area contributed by atoms with E-state index in [0.717, 1.165) is 0 Å². The minimum atomic E-state index is -0.538. The van der Waals surface area contributed by atoms with Gasteiger partial charge in [0.2, 0.25) is 0 Å². The first-order valence-electron chi connectivity index (χ1n) is 11.8. The fraction of sp³-hybridized carbons (Fsp3) is 0.615. The highest BCUT2D eigenvalue weighted by molar-refractivity contribution is 5.67. The van der Waals surface area contributed by atoms with Gasteiger partial charge in [-0.05, 0) is 59.7 Å². The topological polar surface area (TPSA) is 114 Å². The molecule has 0 fully saturated rings. The average molecular weight is 509 g/mol. The van der Waals surface area contributed by atoms with E-state index in [0.29, 0.717) is 69.8 Å². The molecule has 0 atom stereocenters. The number of ether oxygens (including phenoxy) is 6. The van der Waals surface area contributed by atoms with Crippen molar-refractivity contribution < 1.29 is 38.0 Å². The Labute approximate surface area is 214 Å². The smallest absolute Gasteiger partial charge is 0.407 e. The molecule has 0 aliphatic heterocycles. The summed E-state index contributed by atoms with van der Waals surface area (Å²) in [7, 11) is 0. The zero-order valence-electron chi connectivity index (χ0n) is 22.2. The molecule has 0 spiro atoms. The third-order valence-corrected chi connectivity index (χ3v) is 3.92. The number of alkyl carbamates (subject to hydrolysis) is 2. The monoisotopic (exact) mass is 508 g/mol. The molecule has 202 valence electrons.